The van der Waals surface area contributed by atoms with Gasteiger partial charge in [-0.25, -0.2) is 0 Å². The van der Waals surface area contributed by atoms with Gasteiger partial charge in [-0.1, -0.05) is 0 Å². The number of ether oxygens (including phenoxy) is 2. The Kier molecular flexibility index (Phi) is 4.49. The van der Waals surface area contributed by atoms with Crippen molar-refractivity contribution in [2.24, 2.45) is 0 Å². The normalized spacial score (nSPS) is 20.6. The average molecular weight is 279 g/mol. The van der Waals surface area contributed by atoms with Crippen LogP contribution in [-0.4, -0.2) is 49.3 Å². The standard InChI is InChI=1S/C15H21NO4/c1-10(15(17)18)16-5-4-11(9-16)12-6-13(19-2)8-14(7-12)20-3/h6-8,10-11H,4-5,9H2,1-3H3,(H,17,18)/t10-,11+/m1/s1. The summed E-state index contributed by atoms with van der Waals surface area (Å²) in [5, 5.41) is 9.08. The summed E-state index contributed by atoms with van der Waals surface area (Å²) < 4.78 is 10.6. The molecule has 0 spiro atoms. The van der Waals surface area contributed by atoms with Gasteiger partial charge in [0, 0.05) is 12.6 Å². The van der Waals surface area contributed by atoms with Crippen LogP contribution in [0.15, 0.2) is 18.2 Å². The Balaban J connectivity index is 2.15. The van der Waals surface area contributed by atoms with Crippen LogP contribution >= 0.6 is 0 Å². The highest BCUT2D eigenvalue weighted by atomic mass is 16.5. The quantitative estimate of drug-likeness (QED) is 0.893. The first-order chi connectivity index (χ1) is 9.55. The smallest absolute Gasteiger partial charge is 0.320 e. The number of carboxylic acid groups (broad SMARTS) is 1. The highest BCUT2D eigenvalue weighted by molar-refractivity contribution is 5.72. The summed E-state index contributed by atoms with van der Waals surface area (Å²) in [5.74, 6) is 1.09. The van der Waals surface area contributed by atoms with E-state index in [0.29, 0.717) is 5.92 Å². The zero-order chi connectivity index (χ0) is 14.7. The number of methoxy groups -OCH3 is 2. The molecule has 5 nitrogen and oxygen atoms in total. The first-order valence-electron chi connectivity index (χ1n) is 6.75. The lowest BCUT2D eigenvalue weighted by Crippen LogP contribution is -2.37. The van der Waals surface area contributed by atoms with Gasteiger partial charge in [0.1, 0.15) is 17.5 Å². The maximum Gasteiger partial charge on any atom is 0.320 e. The minimum absolute atomic E-state index is 0.320. The number of rotatable bonds is 5. The average Bonchev–Trinajstić information content (AvgIpc) is 2.95. The SMILES string of the molecule is COc1cc(OC)cc([C@H]2CCN([C@H](C)C(=O)O)C2)c1. The minimum atomic E-state index is -0.770. The van der Waals surface area contributed by atoms with E-state index in [1.165, 1.54) is 0 Å². The molecule has 0 aromatic heterocycles. The summed E-state index contributed by atoms with van der Waals surface area (Å²) in [6, 6.07) is 5.41. The Bertz CT molecular complexity index is 467. The molecule has 0 aliphatic carbocycles. The molecule has 2 rings (SSSR count). The first kappa shape index (κ1) is 14.7. The number of carbonyl (C=O) groups is 1. The van der Waals surface area contributed by atoms with E-state index in [-0.39, 0.29) is 0 Å². The predicted octanol–water partition coefficient (Wildman–Crippen LogP) is 1.97. The van der Waals surface area contributed by atoms with Gasteiger partial charge in [0.05, 0.1) is 14.2 Å². The number of carboxylic acids is 1. The van der Waals surface area contributed by atoms with Crippen LogP contribution in [0.5, 0.6) is 11.5 Å². The van der Waals surface area contributed by atoms with Crippen molar-refractivity contribution in [3.05, 3.63) is 23.8 Å². The van der Waals surface area contributed by atoms with Crippen LogP contribution in [0.3, 0.4) is 0 Å². The van der Waals surface area contributed by atoms with Gasteiger partial charge in [-0.2, -0.15) is 0 Å². The lowest BCUT2D eigenvalue weighted by molar-refractivity contribution is -0.142. The molecule has 1 aliphatic rings. The summed E-state index contributed by atoms with van der Waals surface area (Å²) in [4.78, 5) is 13.0. The van der Waals surface area contributed by atoms with Crippen LogP contribution < -0.4 is 9.47 Å². The van der Waals surface area contributed by atoms with E-state index in [9.17, 15) is 4.79 Å². The van der Waals surface area contributed by atoms with E-state index < -0.39 is 12.0 Å². The minimum Gasteiger partial charge on any atom is -0.497 e. The largest absolute Gasteiger partial charge is 0.497 e. The summed E-state index contributed by atoms with van der Waals surface area (Å²) >= 11 is 0. The molecule has 0 bridgehead atoms. The van der Waals surface area contributed by atoms with Crippen molar-refractivity contribution >= 4 is 5.97 Å². The molecule has 2 atom stereocenters. The molecule has 110 valence electrons. The van der Waals surface area contributed by atoms with Crippen LogP contribution in [0.1, 0.15) is 24.8 Å². The van der Waals surface area contributed by atoms with Crippen molar-refractivity contribution in [2.45, 2.75) is 25.3 Å². The van der Waals surface area contributed by atoms with Gasteiger partial charge in [0.15, 0.2) is 0 Å². The van der Waals surface area contributed by atoms with Gasteiger partial charge >= 0.3 is 5.97 Å². The van der Waals surface area contributed by atoms with Crippen LogP contribution in [-0.2, 0) is 4.79 Å². The highest BCUT2D eigenvalue weighted by Crippen LogP contribution is 2.33. The molecule has 1 N–H and O–H groups in total. The molecule has 0 amide bonds. The van der Waals surface area contributed by atoms with Gasteiger partial charge in [-0.05, 0) is 43.5 Å². The van der Waals surface area contributed by atoms with Gasteiger partial charge in [0.25, 0.3) is 0 Å². The molecule has 1 aliphatic heterocycles. The van der Waals surface area contributed by atoms with E-state index in [1.807, 2.05) is 23.1 Å². The Hall–Kier alpha value is -1.75. The van der Waals surface area contributed by atoms with Crippen molar-refractivity contribution in [2.75, 3.05) is 27.3 Å². The number of hydrogen-bond acceptors (Lipinski definition) is 4. The number of likely N-dealkylation sites (tertiary alicyclic amines) is 1. The zero-order valence-corrected chi connectivity index (χ0v) is 12.1. The molecule has 0 saturated carbocycles. The molecule has 1 heterocycles. The summed E-state index contributed by atoms with van der Waals surface area (Å²) in [7, 11) is 3.26. The van der Waals surface area contributed by atoms with E-state index >= 15 is 0 Å². The third kappa shape index (κ3) is 3.04. The lowest BCUT2D eigenvalue weighted by atomic mass is 9.98. The molecular formula is C15H21NO4. The van der Waals surface area contributed by atoms with E-state index in [1.54, 1.807) is 21.1 Å². The Morgan fingerprint density at radius 3 is 2.40 bits per heavy atom. The van der Waals surface area contributed by atoms with E-state index in [0.717, 1.165) is 36.6 Å². The van der Waals surface area contributed by atoms with Crippen LogP contribution in [0, 0.1) is 0 Å². The lowest BCUT2D eigenvalue weighted by Gasteiger charge is -2.20. The summed E-state index contributed by atoms with van der Waals surface area (Å²) in [6.45, 7) is 3.29. The van der Waals surface area contributed by atoms with Crippen molar-refractivity contribution in [1.29, 1.82) is 0 Å². The van der Waals surface area contributed by atoms with Crippen molar-refractivity contribution in [3.63, 3.8) is 0 Å². The van der Waals surface area contributed by atoms with Crippen LogP contribution in [0.25, 0.3) is 0 Å². The molecule has 1 saturated heterocycles. The Labute approximate surface area is 119 Å². The molecule has 5 heteroatoms. The second kappa shape index (κ2) is 6.13. The molecule has 1 aromatic carbocycles. The van der Waals surface area contributed by atoms with Crippen molar-refractivity contribution in [1.82, 2.24) is 4.90 Å². The second-order valence-corrected chi connectivity index (χ2v) is 5.14. The fraction of sp³-hybridized carbons (Fsp3) is 0.533. The van der Waals surface area contributed by atoms with Gasteiger partial charge in [0.2, 0.25) is 0 Å². The van der Waals surface area contributed by atoms with Gasteiger partial charge in [-0.15, -0.1) is 0 Å². The first-order valence-corrected chi connectivity index (χ1v) is 6.75. The molecule has 1 fully saturated rings. The summed E-state index contributed by atoms with van der Waals surface area (Å²) in [6.07, 6.45) is 0.952. The second-order valence-electron chi connectivity index (χ2n) is 5.14. The van der Waals surface area contributed by atoms with E-state index in [4.69, 9.17) is 14.6 Å². The fourth-order valence-corrected chi connectivity index (χ4v) is 2.63. The fourth-order valence-electron chi connectivity index (χ4n) is 2.63. The molecule has 0 radical (unpaired) electrons. The molecule has 1 aromatic rings. The van der Waals surface area contributed by atoms with E-state index in [2.05, 4.69) is 0 Å². The maximum absolute atomic E-state index is 11.0. The molecule has 0 unspecified atom stereocenters. The third-order valence-corrected chi connectivity index (χ3v) is 3.97. The van der Waals surface area contributed by atoms with Crippen molar-refractivity contribution < 1.29 is 19.4 Å². The number of nitrogens with zero attached hydrogens (tertiary/aromatic N) is 1. The number of aliphatic carboxylic acids is 1. The monoisotopic (exact) mass is 279 g/mol. The zero-order valence-electron chi connectivity index (χ0n) is 12.1. The van der Waals surface area contributed by atoms with Gasteiger partial charge in [-0.3, -0.25) is 9.69 Å². The van der Waals surface area contributed by atoms with Gasteiger partial charge < -0.3 is 14.6 Å². The van der Waals surface area contributed by atoms with Crippen LogP contribution in [0.2, 0.25) is 0 Å². The molecule has 20 heavy (non-hydrogen) atoms. The predicted molar refractivity (Wildman–Crippen MR) is 75.6 cm³/mol. The summed E-state index contributed by atoms with van der Waals surface area (Å²) in [5.41, 5.74) is 1.14. The topological polar surface area (TPSA) is 59.0 Å². The highest BCUT2D eigenvalue weighted by Gasteiger charge is 2.30. The maximum atomic E-state index is 11.0. The van der Waals surface area contributed by atoms with Crippen molar-refractivity contribution in [3.8, 4) is 11.5 Å². The number of benzene rings is 1. The third-order valence-electron chi connectivity index (χ3n) is 3.97. The Morgan fingerprint density at radius 1 is 1.30 bits per heavy atom. The number of hydrogen-bond donors (Lipinski definition) is 1. The van der Waals surface area contributed by atoms with Crippen LogP contribution in [0.4, 0.5) is 0 Å². The molecular weight excluding hydrogens is 258 g/mol. The Morgan fingerprint density at radius 2 is 1.90 bits per heavy atom.